The second kappa shape index (κ2) is 11.8. The number of nitrogens with two attached hydrogens (primary N) is 1. The van der Waals surface area contributed by atoms with E-state index >= 15 is 0 Å². The molecule has 0 saturated heterocycles. The average Bonchev–Trinajstić information content (AvgIpc) is 2.54. The highest BCUT2D eigenvalue weighted by atomic mass is 31.2. The predicted molar refractivity (Wildman–Crippen MR) is 101 cm³/mol. The highest BCUT2D eigenvalue weighted by molar-refractivity contribution is 7.51. The van der Waals surface area contributed by atoms with Crippen LogP contribution in [0.15, 0.2) is 24.3 Å². The lowest BCUT2D eigenvalue weighted by Crippen LogP contribution is -2.21. The van der Waals surface area contributed by atoms with E-state index in [2.05, 4.69) is 31.2 Å². The highest BCUT2D eigenvalue weighted by Gasteiger charge is 2.14. The van der Waals surface area contributed by atoms with E-state index in [0.29, 0.717) is 6.42 Å². The van der Waals surface area contributed by atoms with Crippen molar-refractivity contribution >= 4 is 7.60 Å². The molecule has 138 valence electrons. The molecule has 0 fully saturated rings. The second-order valence-electron chi connectivity index (χ2n) is 6.81. The van der Waals surface area contributed by atoms with Gasteiger partial charge in [0, 0.05) is 6.04 Å². The first kappa shape index (κ1) is 21.4. The number of hydrogen-bond acceptors (Lipinski definition) is 2. The Hall–Kier alpha value is -0.670. The van der Waals surface area contributed by atoms with Crippen LogP contribution in [0.25, 0.3) is 0 Å². The van der Waals surface area contributed by atoms with Gasteiger partial charge < -0.3 is 15.5 Å². The maximum absolute atomic E-state index is 10.8. The van der Waals surface area contributed by atoms with E-state index in [-0.39, 0.29) is 12.2 Å². The van der Waals surface area contributed by atoms with Gasteiger partial charge >= 0.3 is 7.60 Å². The first-order chi connectivity index (χ1) is 11.4. The molecule has 0 aliphatic rings. The SMILES string of the molecule is CCCCCCc1ccc(CCCCC(N)CCP(=O)(O)O)cc1. The Labute approximate surface area is 147 Å². The standard InChI is InChI=1S/C19H34NO3P/c1-2-3-4-5-8-17-11-13-18(14-12-17)9-6-7-10-19(20)15-16-24(21,22)23/h11-14,19H,2-10,15-16,20H2,1H3,(H2,21,22,23). The molecule has 0 aromatic heterocycles. The van der Waals surface area contributed by atoms with Gasteiger partial charge in [-0.15, -0.1) is 0 Å². The molecular weight excluding hydrogens is 321 g/mol. The molecule has 1 rings (SSSR count). The zero-order chi connectivity index (χ0) is 17.8. The van der Waals surface area contributed by atoms with Gasteiger partial charge in [0.05, 0.1) is 6.16 Å². The molecular formula is C19H34NO3P. The first-order valence-corrected chi connectivity index (χ1v) is 11.1. The lowest BCUT2D eigenvalue weighted by Gasteiger charge is -2.12. The molecule has 1 atom stereocenters. The molecule has 0 bridgehead atoms. The molecule has 24 heavy (non-hydrogen) atoms. The van der Waals surface area contributed by atoms with Gasteiger partial charge in [0.15, 0.2) is 0 Å². The first-order valence-electron chi connectivity index (χ1n) is 9.28. The second-order valence-corrected chi connectivity index (χ2v) is 8.59. The summed E-state index contributed by atoms with van der Waals surface area (Å²) < 4.78 is 10.8. The Morgan fingerprint density at radius 1 is 0.917 bits per heavy atom. The molecule has 4 nitrogen and oxygen atoms in total. The lowest BCUT2D eigenvalue weighted by atomic mass is 10.0. The van der Waals surface area contributed by atoms with Crippen LogP contribution in [0.1, 0.15) is 69.4 Å². The molecule has 1 aromatic carbocycles. The maximum atomic E-state index is 10.8. The normalized spacial score (nSPS) is 13.2. The van der Waals surface area contributed by atoms with E-state index in [0.717, 1.165) is 25.7 Å². The van der Waals surface area contributed by atoms with Crippen LogP contribution >= 0.6 is 7.60 Å². The van der Waals surface area contributed by atoms with Crippen LogP contribution in [0.4, 0.5) is 0 Å². The summed E-state index contributed by atoms with van der Waals surface area (Å²) in [5, 5.41) is 0. The molecule has 0 amide bonds. The molecule has 0 radical (unpaired) electrons. The van der Waals surface area contributed by atoms with Gasteiger partial charge in [-0.1, -0.05) is 56.9 Å². The Balaban J connectivity index is 2.15. The van der Waals surface area contributed by atoms with Gasteiger partial charge in [0.1, 0.15) is 0 Å². The van der Waals surface area contributed by atoms with E-state index in [9.17, 15) is 4.57 Å². The van der Waals surface area contributed by atoms with E-state index in [1.54, 1.807) is 0 Å². The van der Waals surface area contributed by atoms with Crippen molar-refractivity contribution in [3.05, 3.63) is 35.4 Å². The van der Waals surface area contributed by atoms with Gasteiger partial charge in [-0.25, -0.2) is 0 Å². The van der Waals surface area contributed by atoms with Crippen LogP contribution in [0, 0.1) is 0 Å². The minimum Gasteiger partial charge on any atom is -0.328 e. The minimum atomic E-state index is -3.90. The van der Waals surface area contributed by atoms with Crippen LogP contribution in [0.3, 0.4) is 0 Å². The van der Waals surface area contributed by atoms with Crippen molar-refractivity contribution in [2.45, 2.75) is 77.2 Å². The number of rotatable bonds is 13. The summed E-state index contributed by atoms with van der Waals surface area (Å²) in [5.74, 6) is 0. The van der Waals surface area contributed by atoms with Crippen molar-refractivity contribution in [1.82, 2.24) is 0 Å². The Bertz CT molecular complexity index is 484. The Morgan fingerprint density at radius 3 is 1.96 bits per heavy atom. The van der Waals surface area contributed by atoms with Gasteiger partial charge in [0.25, 0.3) is 0 Å². The van der Waals surface area contributed by atoms with E-state index in [1.807, 2.05) is 0 Å². The third-order valence-electron chi connectivity index (χ3n) is 4.42. The van der Waals surface area contributed by atoms with Gasteiger partial charge in [0.2, 0.25) is 0 Å². The zero-order valence-electron chi connectivity index (χ0n) is 15.0. The van der Waals surface area contributed by atoms with Crippen molar-refractivity contribution in [2.75, 3.05) is 6.16 Å². The largest absolute Gasteiger partial charge is 0.328 e. The summed E-state index contributed by atoms with van der Waals surface area (Å²) in [7, 11) is -3.90. The fourth-order valence-electron chi connectivity index (χ4n) is 2.84. The molecule has 5 heteroatoms. The topological polar surface area (TPSA) is 83.6 Å². The minimum absolute atomic E-state index is 0.103. The molecule has 0 saturated carbocycles. The fraction of sp³-hybridized carbons (Fsp3) is 0.684. The van der Waals surface area contributed by atoms with Crippen LogP contribution in [0.5, 0.6) is 0 Å². The van der Waals surface area contributed by atoms with E-state index < -0.39 is 7.60 Å². The van der Waals surface area contributed by atoms with E-state index in [4.69, 9.17) is 15.5 Å². The molecule has 0 heterocycles. The van der Waals surface area contributed by atoms with Crippen molar-refractivity contribution in [2.24, 2.45) is 5.73 Å². The summed E-state index contributed by atoms with van der Waals surface area (Å²) in [4.78, 5) is 17.7. The van der Waals surface area contributed by atoms with Crippen molar-refractivity contribution in [1.29, 1.82) is 0 Å². The van der Waals surface area contributed by atoms with Gasteiger partial charge in [-0.3, -0.25) is 4.57 Å². The summed E-state index contributed by atoms with van der Waals surface area (Å²) in [5.41, 5.74) is 8.69. The third-order valence-corrected chi connectivity index (χ3v) is 5.26. The summed E-state index contributed by atoms with van der Waals surface area (Å²) in [6.45, 7) is 2.24. The van der Waals surface area contributed by atoms with Gasteiger partial charge in [-0.05, 0) is 49.7 Å². The predicted octanol–water partition coefficient (Wildman–Crippen LogP) is 4.42. The van der Waals surface area contributed by atoms with Crippen molar-refractivity contribution in [3.63, 3.8) is 0 Å². The number of unbranched alkanes of at least 4 members (excludes halogenated alkanes) is 4. The highest BCUT2D eigenvalue weighted by Crippen LogP contribution is 2.35. The lowest BCUT2D eigenvalue weighted by molar-refractivity contribution is 0.368. The Kier molecular flexibility index (Phi) is 10.5. The van der Waals surface area contributed by atoms with E-state index in [1.165, 1.54) is 43.2 Å². The quantitative estimate of drug-likeness (QED) is 0.361. The number of hydrogen-bond donors (Lipinski definition) is 3. The zero-order valence-corrected chi connectivity index (χ0v) is 15.9. The van der Waals surface area contributed by atoms with Crippen LogP contribution < -0.4 is 5.73 Å². The summed E-state index contributed by atoms with van der Waals surface area (Å²) >= 11 is 0. The monoisotopic (exact) mass is 355 g/mol. The number of aryl methyl sites for hydroxylation is 2. The molecule has 0 spiro atoms. The Morgan fingerprint density at radius 2 is 1.46 bits per heavy atom. The molecule has 0 aliphatic heterocycles. The third kappa shape index (κ3) is 11.0. The smallest absolute Gasteiger partial charge is 0.325 e. The summed E-state index contributed by atoms with van der Waals surface area (Å²) in [6.07, 6.45) is 10.6. The van der Waals surface area contributed by atoms with Gasteiger partial charge in [-0.2, -0.15) is 0 Å². The number of benzene rings is 1. The maximum Gasteiger partial charge on any atom is 0.325 e. The molecule has 1 aromatic rings. The average molecular weight is 355 g/mol. The summed E-state index contributed by atoms with van der Waals surface area (Å²) in [6, 6.07) is 8.83. The van der Waals surface area contributed by atoms with Crippen LogP contribution in [-0.2, 0) is 17.4 Å². The van der Waals surface area contributed by atoms with Crippen LogP contribution in [0.2, 0.25) is 0 Å². The van der Waals surface area contributed by atoms with Crippen molar-refractivity contribution < 1.29 is 14.4 Å². The fourth-order valence-corrected chi connectivity index (χ4v) is 3.51. The molecule has 1 unspecified atom stereocenters. The molecule has 0 aliphatic carbocycles. The molecule has 4 N–H and O–H groups in total. The van der Waals surface area contributed by atoms with Crippen LogP contribution in [-0.4, -0.2) is 22.0 Å². The van der Waals surface area contributed by atoms with Crippen molar-refractivity contribution in [3.8, 4) is 0 Å².